The van der Waals surface area contributed by atoms with Crippen molar-refractivity contribution in [3.63, 3.8) is 0 Å². The molecule has 3 rings (SSSR count). The minimum atomic E-state index is -0.992. The van der Waals surface area contributed by atoms with E-state index < -0.39 is 24.2 Å². The molecule has 0 aromatic heterocycles. The first-order valence-electron chi connectivity index (χ1n) is 8.68. The quantitative estimate of drug-likeness (QED) is 0.653. The molecule has 7 nitrogen and oxygen atoms in total. The van der Waals surface area contributed by atoms with Gasteiger partial charge in [0.05, 0.1) is 12.1 Å². The number of carbonyl (C=O) groups is 2. The van der Waals surface area contributed by atoms with Crippen molar-refractivity contribution in [2.24, 2.45) is 11.7 Å². The first-order chi connectivity index (χ1) is 11.0. The molecular formula is C16H27N3O4. The third-order valence-corrected chi connectivity index (χ3v) is 5.71. The van der Waals surface area contributed by atoms with Gasteiger partial charge in [0.1, 0.15) is 6.04 Å². The van der Waals surface area contributed by atoms with Crippen molar-refractivity contribution in [3.05, 3.63) is 0 Å². The minimum Gasteiger partial charge on any atom is -0.480 e. The molecule has 2 aliphatic heterocycles. The number of piperazine rings is 1. The Kier molecular flexibility index (Phi) is 4.89. The summed E-state index contributed by atoms with van der Waals surface area (Å²) < 4.78 is 0. The molecule has 2 heterocycles. The fraction of sp³-hybridized carbons (Fsp3) is 0.875. The summed E-state index contributed by atoms with van der Waals surface area (Å²) in [7, 11) is 0. The molecule has 0 spiro atoms. The van der Waals surface area contributed by atoms with Crippen molar-refractivity contribution in [3.8, 4) is 0 Å². The minimum absolute atomic E-state index is 0.0445. The Bertz CT molecular complexity index is 466. The van der Waals surface area contributed by atoms with E-state index in [-0.39, 0.29) is 24.4 Å². The zero-order valence-corrected chi connectivity index (χ0v) is 13.4. The second kappa shape index (κ2) is 6.75. The first kappa shape index (κ1) is 16.7. The van der Waals surface area contributed by atoms with Crippen molar-refractivity contribution in [2.45, 2.75) is 62.8 Å². The van der Waals surface area contributed by atoms with E-state index in [1.54, 1.807) is 0 Å². The van der Waals surface area contributed by atoms with Gasteiger partial charge in [0, 0.05) is 25.7 Å². The highest BCUT2D eigenvalue weighted by molar-refractivity contribution is 5.87. The molecule has 3 fully saturated rings. The molecule has 4 atom stereocenters. The molecule has 2 unspecified atom stereocenters. The highest BCUT2D eigenvalue weighted by atomic mass is 16.4. The molecule has 4 N–H and O–H groups in total. The number of carboxylic acids is 1. The smallest absolute Gasteiger partial charge is 0.327 e. The van der Waals surface area contributed by atoms with Crippen LogP contribution >= 0.6 is 0 Å². The Labute approximate surface area is 136 Å². The van der Waals surface area contributed by atoms with Gasteiger partial charge in [-0.05, 0) is 25.2 Å². The van der Waals surface area contributed by atoms with Gasteiger partial charge in [-0.3, -0.25) is 9.69 Å². The Morgan fingerprint density at radius 3 is 2.43 bits per heavy atom. The average Bonchev–Trinajstić information content (AvgIpc) is 2.92. The number of fused-ring (bicyclic) bond motifs is 1. The number of carbonyl (C=O) groups excluding carboxylic acids is 1. The highest BCUT2D eigenvalue weighted by Crippen LogP contribution is 2.29. The Hall–Kier alpha value is -1.18. The van der Waals surface area contributed by atoms with E-state index in [1.165, 1.54) is 11.3 Å². The second-order valence-corrected chi connectivity index (χ2v) is 7.27. The number of aliphatic hydroxyl groups is 1. The molecule has 3 aliphatic rings. The van der Waals surface area contributed by atoms with E-state index in [9.17, 15) is 19.8 Å². The normalized spacial score (nSPS) is 34.2. The van der Waals surface area contributed by atoms with E-state index in [0.717, 1.165) is 25.7 Å². The van der Waals surface area contributed by atoms with Gasteiger partial charge in [-0.15, -0.1) is 0 Å². The maximum absolute atomic E-state index is 12.8. The molecule has 0 aromatic rings. The number of nitrogens with zero attached hydrogens (tertiary/aromatic N) is 2. The van der Waals surface area contributed by atoms with E-state index in [4.69, 9.17) is 5.73 Å². The molecular weight excluding hydrogens is 298 g/mol. The Balaban J connectivity index is 1.72. The summed E-state index contributed by atoms with van der Waals surface area (Å²) in [6.07, 6.45) is 5.44. The van der Waals surface area contributed by atoms with Gasteiger partial charge in [0.25, 0.3) is 0 Å². The summed E-state index contributed by atoms with van der Waals surface area (Å²) in [6, 6.07) is -1.42. The highest BCUT2D eigenvalue weighted by Gasteiger charge is 2.45. The molecule has 130 valence electrons. The molecule has 1 amide bonds. The van der Waals surface area contributed by atoms with Gasteiger partial charge >= 0.3 is 5.97 Å². The Morgan fingerprint density at radius 1 is 1.09 bits per heavy atom. The maximum atomic E-state index is 12.8. The van der Waals surface area contributed by atoms with E-state index >= 15 is 0 Å². The summed E-state index contributed by atoms with van der Waals surface area (Å²) in [5, 5.41) is 19.3. The lowest BCUT2D eigenvalue weighted by atomic mass is 9.83. The molecule has 1 saturated carbocycles. The van der Waals surface area contributed by atoms with Crippen LogP contribution in [0.2, 0.25) is 0 Å². The molecule has 23 heavy (non-hydrogen) atoms. The van der Waals surface area contributed by atoms with Crippen LogP contribution < -0.4 is 5.73 Å². The topological polar surface area (TPSA) is 107 Å². The number of amides is 1. The average molecular weight is 325 g/mol. The SMILES string of the molecule is N[C@H](C(=O)N1C[C@H]2CC(O)CN2CC1C(=O)O)C1CCCCC1. The fourth-order valence-electron chi connectivity index (χ4n) is 4.39. The van der Waals surface area contributed by atoms with Gasteiger partial charge < -0.3 is 20.8 Å². The zero-order chi connectivity index (χ0) is 16.6. The largest absolute Gasteiger partial charge is 0.480 e. The van der Waals surface area contributed by atoms with Crippen LogP contribution in [0, 0.1) is 5.92 Å². The summed E-state index contributed by atoms with van der Waals surface area (Å²) in [4.78, 5) is 27.9. The number of aliphatic hydroxyl groups excluding tert-OH is 1. The van der Waals surface area contributed by atoms with Crippen LogP contribution in [0.1, 0.15) is 38.5 Å². The number of carboxylic acid groups (broad SMARTS) is 1. The number of hydrogen-bond donors (Lipinski definition) is 3. The van der Waals surface area contributed by atoms with Gasteiger partial charge in [-0.1, -0.05) is 19.3 Å². The Morgan fingerprint density at radius 2 is 1.78 bits per heavy atom. The fourth-order valence-corrected chi connectivity index (χ4v) is 4.39. The molecule has 7 heteroatoms. The van der Waals surface area contributed by atoms with Crippen molar-refractivity contribution in [1.29, 1.82) is 0 Å². The van der Waals surface area contributed by atoms with E-state index in [2.05, 4.69) is 0 Å². The van der Waals surface area contributed by atoms with Crippen LogP contribution in [0.4, 0.5) is 0 Å². The van der Waals surface area contributed by atoms with Crippen molar-refractivity contribution >= 4 is 11.9 Å². The lowest BCUT2D eigenvalue weighted by molar-refractivity contribution is -0.156. The molecule has 0 bridgehead atoms. The van der Waals surface area contributed by atoms with Crippen molar-refractivity contribution in [1.82, 2.24) is 9.80 Å². The van der Waals surface area contributed by atoms with Crippen molar-refractivity contribution < 1.29 is 19.8 Å². The summed E-state index contributed by atoms with van der Waals surface area (Å²) in [5.74, 6) is -1.06. The van der Waals surface area contributed by atoms with Gasteiger partial charge in [0.15, 0.2) is 0 Å². The first-order valence-corrected chi connectivity index (χ1v) is 8.68. The monoisotopic (exact) mass is 325 g/mol. The number of aliphatic carboxylic acids is 1. The van der Waals surface area contributed by atoms with Crippen LogP contribution in [0.3, 0.4) is 0 Å². The molecule has 1 aliphatic carbocycles. The maximum Gasteiger partial charge on any atom is 0.327 e. The van der Waals surface area contributed by atoms with Gasteiger partial charge in [-0.2, -0.15) is 0 Å². The van der Waals surface area contributed by atoms with Gasteiger partial charge in [0.2, 0.25) is 5.91 Å². The lowest BCUT2D eigenvalue weighted by Crippen LogP contribution is -2.63. The predicted octanol–water partition coefficient (Wildman–Crippen LogP) is -0.375. The van der Waals surface area contributed by atoms with Gasteiger partial charge in [-0.25, -0.2) is 4.79 Å². The summed E-state index contributed by atoms with van der Waals surface area (Å²) in [6.45, 7) is 1.12. The van der Waals surface area contributed by atoms with Crippen LogP contribution in [0.15, 0.2) is 0 Å². The van der Waals surface area contributed by atoms with E-state index in [0.29, 0.717) is 19.5 Å². The number of rotatable bonds is 3. The molecule has 0 radical (unpaired) electrons. The number of hydrogen-bond acceptors (Lipinski definition) is 5. The lowest BCUT2D eigenvalue weighted by Gasteiger charge is -2.43. The van der Waals surface area contributed by atoms with Crippen molar-refractivity contribution in [2.75, 3.05) is 19.6 Å². The summed E-state index contributed by atoms with van der Waals surface area (Å²) in [5.41, 5.74) is 6.20. The number of nitrogens with two attached hydrogens (primary N) is 1. The third kappa shape index (κ3) is 3.36. The van der Waals surface area contributed by atoms with Crippen LogP contribution in [-0.4, -0.2) is 75.8 Å². The predicted molar refractivity (Wildman–Crippen MR) is 83.7 cm³/mol. The van der Waals surface area contributed by atoms with Crippen LogP contribution in [0.5, 0.6) is 0 Å². The molecule has 0 aromatic carbocycles. The molecule has 2 saturated heterocycles. The standard InChI is InChI=1S/C16H27N3O4/c17-14(10-4-2-1-3-5-10)15(21)19-7-11-6-12(20)8-18(11)9-13(19)16(22)23/h10-14,20H,1-9,17H2,(H,22,23)/t11-,12?,13?,14+/m1/s1. The van der Waals surface area contributed by atoms with Crippen LogP contribution in [0.25, 0.3) is 0 Å². The third-order valence-electron chi connectivity index (χ3n) is 5.71. The van der Waals surface area contributed by atoms with Crippen LogP contribution in [-0.2, 0) is 9.59 Å². The summed E-state index contributed by atoms with van der Waals surface area (Å²) >= 11 is 0. The van der Waals surface area contributed by atoms with E-state index in [1.807, 2.05) is 4.90 Å². The zero-order valence-electron chi connectivity index (χ0n) is 13.4. The second-order valence-electron chi connectivity index (χ2n) is 7.27.